The number of benzene rings is 2. The van der Waals surface area contributed by atoms with E-state index in [1.54, 1.807) is 18.2 Å². The molecule has 1 aromatic heterocycles. The lowest BCUT2D eigenvalue weighted by Gasteiger charge is -2.41. The van der Waals surface area contributed by atoms with E-state index in [0.717, 1.165) is 20.1 Å². The molecule has 2 amide bonds. The summed E-state index contributed by atoms with van der Waals surface area (Å²) < 4.78 is 30.8. The second kappa shape index (κ2) is 9.41. The summed E-state index contributed by atoms with van der Waals surface area (Å²) >= 11 is 13.9. The summed E-state index contributed by atoms with van der Waals surface area (Å²) in [6.07, 6.45) is -1.57. The van der Waals surface area contributed by atoms with Gasteiger partial charge in [0.1, 0.15) is 5.54 Å². The smallest absolute Gasteiger partial charge is 0.306 e. The number of fused-ring (bicyclic) bond motifs is 2. The van der Waals surface area contributed by atoms with Crippen LogP contribution >= 0.6 is 34.5 Å². The number of rotatable bonds is 6. The van der Waals surface area contributed by atoms with Gasteiger partial charge in [-0.15, -0.1) is 11.3 Å². The zero-order chi connectivity index (χ0) is 27.6. The van der Waals surface area contributed by atoms with Crippen LogP contribution in [0.15, 0.2) is 30.3 Å². The zero-order valence-electron chi connectivity index (χ0n) is 20.1. The van der Waals surface area contributed by atoms with E-state index in [-0.39, 0.29) is 21.3 Å². The van der Waals surface area contributed by atoms with Crippen LogP contribution < -0.4 is 10.6 Å². The van der Waals surface area contributed by atoms with E-state index in [0.29, 0.717) is 5.69 Å². The Morgan fingerprint density at radius 2 is 2.05 bits per heavy atom. The molecule has 0 spiro atoms. The molecule has 2 aliphatic rings. The molecule has 1 saturated heterocycles. The molecule has 38 heavy (non-hydrogen) atoms. The van der Waals surface area contributed by atoms with Crippen molar-refractivity contribution in [3.05, 3.63) is 50.9 Å². The van der Waals surface area contributed by atoms with E-state index in [2.05, 4.69) is 15.6 Å². The molecule has 0 saturated carbocycles. The number of likely N-dealkylation sites (tertiary alicyclic amines) is 1. The molecule has 2 aliphatic heterocycles. The largest absolute Gasteiger partial charge is 0.481 e. The van der Waals surface area contributed by atoms with Crippen LogP contribution in [0.2, 0.25) is 10.0 Å². The first-order chi connectivity index (χ1) is 17.8. The van der Waals surface area contributed by atoms with Crippen molar-refractivity contribution in [3.8, 4) is 0 Å². The number of amides is 2. The minimum absolute atomic E-state index is 0.0510. The Kier molecular flexibility index (Phi) is 6.62. The second-order valence-corrected chi connectivity index (χ2v) is 11.7. The highest BCUT2D eigenvalue weighted by Gasteiger charge is 2.62. The third kappa shape index (κ3) is 4.51. The number of hydrogen-bond acceptors (Lipinski definition) is 6. The number of hydrogen-bond donors (Lipinski definition) is 3. The summed E-state index contributed by atoms with van der Waals surface area (Å²) in [6.45, 7) is 2.42. The van der Waals surface area contributed by atoms with E-state index in [9.17, 15) is 28.3 Å². The number of nitrogens with one attached hydrogen (secondary N) is 2. The number of aryl methyl sites for hydroxylation is 1. The molecule has 0 bridgehead atoms. The summed E-state index contributed by atoms with van der Waals surface area (Å²) in [6, 6.07) is 6.73. The number of alkyl halides is 2. The van der Waals surface area contributed by atoms with Gasteiger partial charge in [0.05, 0.1) is 44.8 Å². The highest BCUT2D eigenvalue weighted by Crippen LogP contribution is 2.52. The number of aromatic nitrogens is 1. The van der Waals surface area contributed by atoms with Crippen LogP contribution in [-0.2, 0) is 19.9 Å². The maximum atomic E-state index is 15.0. The fraction of sp³-hybridized carbons (Fsp3) is 0.360. The number of carbonyl (C=O) groups is 3. The van der Waals surface area contributed by atoms with Crippen LogP contribution in [0.3, 0.4) is 0 Å². The minimum atomic E-state index is -3.28. The molecule has 0 aliphatic carbocycles. The number of carbonyl (C=O) groups excluding carboxylic acids is 2. The molecule has 3 heterocycles. The van der Waals surface area contributed by atoms with Gasteiger partial charge in [-0.2, -0.15) is 0 Å². The average molecular weight is 583 g/mol. The van der Waals surface area contributed by atoms with Gasteiger partial charge in [0, 0.05) is 28.7 Å². The molecule has 0 unspecified atom stereocenters. The van der Waals surface area contributed by atoms with Gasteiger partial charge >= 0.3 is 5.97 Å². The van der Waals surface area contributed by atoms with Gasteiger partial charge in [0.25, 0.3) is 5.92 Å². The molecule has 8 nitrogen and oxygen atoms in total. The van der Waals surface area contributed by atoms with Crippen molar-refractivity contribution in [2.24, 2.45) is 5.92 Å². The van der Waals surface area contributed by atoms with Crippen molar-refractivity contribution in [1.29, 1.82) is 0 Å². The first-order valence-electron chi connectivity index (χ1n) is 11.7. The summed E-state index contributed by atoms with van der Waals surface area (Å²) in [5, 5.41) is 16.1. The SMILES string of the molecule is Cc1nc2ccc(NC(=O)[C@H](C)[C@H]3CC(F)(F)CN3[C@@]3(CC(=O)O)C(=O)Nc4c(Cl)cc(Cl)cc43)cc2s1. The van der Waals surface area contributed by atoms with Crippen LogP contribution in [0.4, 0.5) is 20.2 Å². The summed E-state index contributed by atoms with van der Waals surface area (Å²) in [4.78, 5) is 44.3. The maximum absolute atomic E-state index is 15.0. The van der Waals surface area contributed by atoms with Crippen molar-refractivity contribution in [1.82, 2.24) is 9.88 Å². The average Bonchev–Trinajstić information content (AvgIpc) is 3.44. The first kappa shape index (κ1) is 26.7. The number of carboxylic acids is 1. The number of halogens is 4. The topological polar surface area (TPSA) is 112 Å². The molecule has 3 atom stereocenters. The Morgan fingerprint density at radius 3 is 2.76 bits per heavy atom. The molecular formula is C25H22Cl2F2N4O4S. The Morgan fingerprint density at radius 1 is 1.32 bits per heavy atom. The van der Waals surface area contributed by atoms with Crippen molar-refractivity contribution in [3.63, 3.8) is 0 Å². The van der Waals surface area contributed by atoms with Gasteiger partial charge in [-0.3, -0.25) is 19.3 Å². The van der Waals surface area contributed by atoms with Gasteiger partial charge in [-0.05, 0) is 37.3 Å². The van der Waals surface area contributed by atoms with Gasteiger partial charge in [-0.25, -0.2) is 13.8 Å². The monoisotopic (exact) mass is 582 g/mol. The first-order valence-corrected chi connectivity index (χ1v) is 13.2. The third-order valence-electron chi connectivity index (χ3n) is 7.08. The number of carboxylic acid groups (broad SMARTS) is 1. The summed E-state index contributed by atoms with van der Waals surface area (Å²) in [7, 11) is 0. The molecule has 13 heteroatoms. The Balaban J connectivity index is 1.53. The molecule has 3 aromatic rings. The zero-order valence-corrected chi connectivity index (χ0v) is 22.5. The minimum Gasteiger partial charge on any atom is -0.481 e. The Hall–Kier alpha value is -2.86. The second-order valence-electron chi connectivity index (χ2n) is 9.64. The fourth-order valence-electron chi connectivity index (χ4n) is 5.41. The summed E-state index contributed by atoms with van der Waals surface area (Å²) in [5.74, 6) is -7.08. The van der Waals surface area contributed by atoms with Crippen molar-refractivity contribution >= 4 is 73.9 Å². The lowest BCUT2D eigenvalue weighted by molar-refractivity contribution is -0.147. The predicted molar refractivity (Wildman–Crippen MR) is 141 cm³/mol. The standard InChI is InChI=1S/C25H22Cl2F2N4O4S/c1-11(22(36)31-14-3-4-17-19(7-14)38-12(2)30-17)18-8-24(28,29)10-33(18)25(9-20(34)35)15-5-13(26)6-16(27)21(15)32-23(25)37/h3-7,11,18H,8-10H2,1-2H3,(H,31,36)(H,32,37)(H,34,35)/t11-,18-,25-/m1/s1. The molecule has 2 aromatic carbocycles. The van der Waals surface area contributed by atoms with E-state index in [1.165, 1.54) is 30.4 Å². The number of nitrogens with zero attached hydrogens (tertiary/aromatic N) is 2. The highest BCUT2D eigenvalue weighted by molar-refractivity contribution is 7.18. The molecule has 0 radical (unpaired) electrons. The predicted octanol–water partition coefficient (Wildman–Crippen LogP) is 5.52. The van der Waals surface area contributed by atoms with Crippen molar-refractivity contribution < 1.29 is 28.3 Å². The van der Waals surface area contributed by atoms with Gasteiger partial charge in [0.2, 0.25) is 11.8 Å². The molecule has 5 rings (SSSR count). The fourth-order valence-corrected chi connectivity index (χ4v) is 6.81. The third-order valence-corrected chi connectivity index (χ3v) is 8.53. The lowest BCUT2D eigenvalue weighted by Crippen LogP contribution is -2.57. The molecule has 1 fully saturated rings. The van der Waals surface area contributed by atoms with Gasteiger partial charge in [-0.1, -0.05) is 30.1 Å². The van der Waals surface area contributed by atoms with E-state index in [1.807, 2.05) is 6.92 Å². The number of aliphatic carboxylic acids is 1. The van der Waals surface area contributed by atoms with Gasteiger partial charge < -0.3 is 15.7 Å². The van der Waals surface area contributed by atoms with E-state index < -0.39 is 60.6 Å². The van der Waals surface area contributed by atoms with Crippen LogP contribution in [-0.4, -0.2) is 51.3 Å². The highest BCUT2D eigenvalue weighted by atomic mass is 35.5. The Labute approximate surface area is 229 Å². The maximum Gasteiger partial charge on any atom is 0.306 e. The Bertz CT molecular complexity index is 1500. The molecule has 3 N–H and O–H groups in total. The number of thiazole rings is 1. The summed E-state index contributed by atoms with van der Waals surface area (Å²) in [5.41, 5.74) is -0.602. The van der Waals surface area contributed by atoms with Crippen LogP contribution in [0.25, 0.3) is 10.2 Å². The van der Waals surface area contributed by atoms with Crippen molar-refractivity contribution in [2.45, 2.75) is 44.2 Å². The van der Waals surface area contributed by atoms with E-state index in [4.69, 9.17) is 23.2 Å². The quantitative estimate of drug-likeness (QED) is 0.353. The molecule has 200 valence electrons. The van der Waals surface area contributed by atoms with Crippen LogP contribution in [0.5, 0.6) is 0 Å². The van der Waals surface area contributed by atoms with Gasteiger partial charge in [0.15, 0.2) is 0 Å². The van der Waals surface area contributed by atoms with Crippen LogP contribution in [0, 0.1) is 12.8 Å². The van der Waals surface area contributed by atoms with Crippen LogP contribution in [0.1, 0.15) is 30.3 Å². The van der Waals surface area contributed by atoms with Crippen molar-refractivity contribution in [2.75, 3.05) is 17.2 Å². The molecular weight excluding hydrogens is 561 g/mol. The van der Waals surface area contributed by atoms with E-state index >= 15 is 0 Å². The normalized spacial score (nSPS) is 23.3. The lowest BCUT2D eigenvalue weighted by atomic mass is 9.83. The number of anilines is 2.